The van der Waals surface area contributed by atoms with Crippen LogP contribution in [0.4, 0.5) is 0 Å². The maximum atomic E-state index is 6.16. The second-order valence-electron chi connectivity index (χ2n) is 8.28. The van der Waals surface area contributed by atoms with Crippen molar-refractivity contribution in [2.75, 3.05) is 6.54 Å². The molecule has 0 radical (unpaired) electrons. The zero-order valence-corrected chi connectivity index (χ0v) is 18.9. The van der Waals surface area contributed by atoms with Crippen LogP contribution in [-0.2, 0) is 0 Å². The first-order valence-electron chi connectivity index (χ1n) is 10.2. The number of hydroxylamine groups is 2. The molecule has 0 fully saturated rings. The van der Waals surface area contributed by atoms with Crippen LogP contribution in [0.1, 0.15) is 47.5 Å². The summed E-state index contributed by atoms with van der Waals surface area (Å²) in [7, 11) is 0. The minimum Gasteiger partial charge on any atom is -1.00 e. The van der Waals surface area contributed by atoms with Gasteiger partial charge in [0.15, 0.2) is 11.4 Å². The Morgan fingerprint density at radius 3 is 2.21 bits per heavy atom. The van der Waals surface area contributed by atoms with E-state index < -0.39 is 0 Å². The molecule has 2 nitrogen and oxygen atoms in total. The van der Waals surface area contributed by atoms with Crippen LogP contribution in [0.2, 0.25) is 0 Å². The number of halogens is 1. The van der Waals surface area contributed by atoms with Gasteiger partial charge in [-0.25, -0.2) is 0 Å². The molecule has 1 aliphatic rings. The van der Waals surface area contributed by atoms with Gasteiger partial charge in [-0.15, -0.1) is 5.06 Å². The summed E-state index contributed by atoms with van der Waals surface area (Å²) in [6.07, 6.45) is 6.73. The third-order valence-corrected chi connectivity index (χ3v) is 4.92. The second-order valence-corrected chi connectivity index (χ2v) is 8.28. The number of para-hydroxylation sites is 1. The summed E-state index contributed by atoms with van der Waals surface area (Å²) in [6, 6.07) is 9.95. The molecule has 28 heavy (non-hydrogen) atoms. The van der Waals surface area contributed by atoms with Gasteiger partial charge < -0.3 is 17.2 Å². The summed E-state index contributed by atoms with van der Waals surface area (Å²) in [5, 5.41) is 0.938. The summed E-state index contributed by atoms with van der Waals surface area (Å²) in [5.41, 5.74) is 5.07. The maximum absolute atomic E-state index is 6.16. The van der Waals surface area contributed by atoms with Gasteiger partial charge in [-0.3, -0.25) is 0 Å². The van der Waals surface area contributed by atoms with Crippen molar-refractivity contribution in [3.8, 4) is 5.75 Å². The normalized spacial score (nSPS) is 17.7. The third kappa shape index (κ3) is 6.39. The Kier molecular flexibility index (Phi) is 9.78. The molecule has 1 aromatic carbocycles. The lowest BCUT2D eigenvalue weighted by molar-refractivity contribution is -1.03. The van der Waals surface area contributed by atoms with Crippen molar-refractivity contribution in [3.63, 3.8) is 0 Å². The quantitative estimate of drug-likeness (QED) is 0.628. The maximum Gasteiger partial charge on any atom is 0.190 e. The van der Waals surface area contributed by atoms with Crippen LogP contribution in [0.15, 0.2) is 78.1 Å². The van der Waals surface area contributed by atoms with Gasteiger partial charge in [0.05, 0.1) is 5.92 Å². The molecule has 154 valence electrons. The number of hydrogen-bond acceptors (Lipinski definition) is 1. The van der Waals surface area contributed by atoms with Crippen molar-refractivity contribution < 1.29 is 22.3 Å². The summed E-state index contributed by atoms with van der Waals surface area (Å²) >= 11 is 0. The number of hydrogen-bond donors (Lipinski definition) is 1. The Hall–Kier alpha value is -1.77. The van der Waals surface area contributed by atoms with E-state index in [0.29, 0.717) is 11.8 Å². The molecule has 2 unspecified atom stereocenters. The van der Waals surface area contributed by atoms with Gasteiger partial charge in [0.2, 0.25) is 0 Å². The molecule has 0 bridgehead atoms. The highest BCUT2D eigenvalue weighted by molar-refractivity contribution is 5.48. The Balaban J connectivity index is 0.00000392. The molecule has 0 aliphatic heterocycles. The van der Waals surface area contributed by atoms with E-state index in [1.165, 1.54) is 16.7 Å². The zero-order chi connectivity index (χ0) is 20.0. The number of quaternary nitrogens is 1. The monoisotopic (exact) mass is 401 g/mol. The average Bonchev–Trinajstić information content (AvgIpc) is 2.62. The van der Waals surface area contributed by atoms with Crippen LogP contribution in [0.3, 0.4) is 0 Å². The molecule has 0 saturated heterocycles. The van der Waals surface area contributed by atoms with Gasteiger partial charge in [0.25, 0.3) is 0 Å². The zero-order valence-electron chi connectivity index (χ0n) is 18.1. The molecule has 2 atom stereocenters. The SMILES string of the molecule is C=C1C(CC(C)C)=C(CC(C)C)C=CC1C(=C)[NH+](CC)Oc1ccccc1.[Cl-]. The average molecular weight is 402 g/mol. The minimum atomic E-state index is 0. The predicted octanol–water partition coefficient (Wildman–Crippen LogP) is 2.53. The molecule has 1 aromatic rings. The molecule has 2 rings (SSSR count). The van der Waals surface area contributed by atoms with Crippen LogP contribution in [0.5, 0.6) is 5.75 Å². The van der Waals surface area contributed by atoms with Crippen molar-refractivity contribution in [2.45, 2.75) is 47.5 Å². The lowest BCUT2D eigenvalue weighted by atomic mass is 9.78. The highest BCUT2D eigenvalue weighted by Gasteiger charge is 2.30. The minimum absolute atomic E-state index is 0. The summed E-state index contributed by atoms with van der Waals surface area (Å²) < 4.78 is 0. The van der Waals surface area contributed by atoms with E-state index in [0.717, 1.165) is 35.9 Å². The fourth-order valence-corrected chi connectivity index (χ4v) is 3.62. The first-order chi connectivity index (χ1) is 12.8. The highest BCUT2D eigenvalue weighted by atomic mass is 35.5. The molecule has 0 saturated carbocycles. The molecule has 1 N–H and O–H groups in total. The van der Waals surface area contributed by atoms with Crippen molar-refractivity contribution in [2.24, 2.45) is 17.8 Å². The van der Waals surface area contributed by atoms with Gasteiger partial charge in [-0.1, -0.05) is 64.6 Å². The molecule has 0 heterocycles. The fraction of sp³-hybridized carbons (Fsp3) is 0.440. The Morgan fingerprint density at radius 1 is 1.07 bits per heavy atom. The van der Waals surface area contributed by atoms with E-state index in [1.54, 1.807) is 0 Å². The third-order valence-electron chi connectivity index (χ3n) is 4.92. The van der Waals surface area contributed by atoms with E-state index in [-0.39, 0.29) is 18.3 Å². The number of rotatable bonds is 9. The van der Waals surface area contributed by atoms with Crippen molar-refractivity contribution in [3.05, 3.63) is 78.1 Å². The molecule has 1 aliphatic carbocycles. The van der Waals surface area contributed by atoms with Crippen LogP contribution >= 0.6 is 0 Å². The largest absolute Gasteiger partial charge is 1.00 e. The van der Waals surface area contributed by atoms with Crippen LogP contribution < -0.4 is 22.3 Å². The van der Waals surface area contributed by atoms with E-state index >= 15 is 0 Å². The number of nitrogens with one attached hydrogen (secondary N) is 1. The summed E-state index contributed by atoms with van der Waals surface area (Å²) in [6.45, 7) is 20.9. The fourth-order valence-electron chi connectivity index (χ4n) is 3.62. The Bertz CT molecular complexity index is 715. The number of allylic oxidation sites excluding steroid dienone is 4. The molecular weight excluding hydrogens is 366 g/mol. The number of benzene rings is 1. The first-order valence-corrected chi connectivity index (χ1v) is 10.2. The summed E-state index contributed by atoms with van der Waals surface area (Å²) in [4.78, 5) is 6.16. The van der Waals surface area contributed by atoms with Crippen molar-refractivity contribution in [1.82, 2.24) is 0 Å². The molecule has 0 aromatic heterocycles. The Labute approximate surface area is 178 Å². The topological polar surface area (TPSA) is 13.7 Å². The smallest absolute Gasteiger partial charge is 0.190 e. The lowest BCUT2D eigenvalue weighted by Crippen LogP contribution is -3.12. The van der Waals surface area contributed by atoms with Crippen LogP contribution in [0, 0.1) is 17.8 Å². The van der Waals surface area contributed by atoms with E-state index in [1.807, 2.05) is 30.3 Å². The Morgan fingerprint density at radius 2 is 1.68 bits per heavy atom. The molecule has 0 amide bonds. The van der Waals surface area contributed by atoms with Crippen LogP contribution in [0.25, 0.3) is 0 Å². The standard InChI is InChI=1S/C25H35NO.ClH/c1-8-26(27-23-12-10-9-11-13-23)21(7)24-15-14-22(16-18(2)3)25(20(24)6)17-19(4)5;/h9-15,18-19,24H,6-8,16-17H2,1-5H3;1H. The summed E-state index contributed by atoms with van der Waals surface area (Å²) in [5.74, 6) is 2.22. The van der Waals surface area contributed by atoms with E-state index in [2.05, 4.69) is 59.9 Å². The van der Waals surface area contributed by atoms with Gasteiger partial charge in [0, 0.05) is 0 Å². The highest BCUT2D eigenvalue weighted by Crippen LogP contribution is 2.36. The first kappa shape index (κ1) is 24.3. The van der Waals surface area contributed by atoms with Crippen LogP contribution in [-0.4, -0.2) is 6.54 Å². The van der Waals surface area contributed by atoms with Gasteiger partial charge in [-0.2, -0.15) is 0 Å². The van der Waals surface area contributed by atoms with Gasteiger partial charge >= 0.3 is 0 Å². The lowest BCUT2D eigenvalue weighted by Gasteiger charge is -2.30. The predicted molar refractivity (Wildman–Crippen MR) is 115 cm³/mol. The molecule has 3 heteroatoms. The van der Waals surface area contributed by atoms with E-state index in [9.17, 15) is 0 Å². The van der Waals surface area contributed by atoms with Gasteiger partial charge in [-0.05, 0) is 67.0 Å². The van der Waals surface area contributed by atoms with Gasteiger partial charge in [0.1, 0.15) is 6.54 Å². The second kappa shape index (κ2) is 11.3. The van der Waals surface area contributed by atoms with Crippen molar-refractivity contribution >= 4 is 0 Å². The van der Waals surface area contributed by atoms with Crippen molar-refractivity contribution in [1.29, 1.82) is 0 Å². The molecular formula is C25H36ClNO. The van der Waals surface area contributed by atoms with E-state index in [4.69, 9.17) is 4.84 Å². The molecule has 0 spiro atoms.